The maximum absolute atomic E-state index is 10.7. The largest absolute Gasteiger partial charge is 0.369 e. The van der Waals surface area contributed by atoms with Crippen LogP contribution in [0.2, 0.25) is 0 Å². The molecule has 0 aliphatic heterocycles. The summed E-state index contributed by atoms with van der Waals surface area (Å²) in [7, 11) is 0. The molecule has 0 spiro atoms. The van der Waals surface area contributed by atoms with Crippen molar-refractivity contribution in [2.24, 2.45) is 5.73 Å². The van der Waals surface area contributed by atoms with Crippen LogP contribution in [-0.2, 0) is 9.59 Å². The van der Waals surface area contributed by atoms with Gasteiger partial charge in [0, 0.05) is 6.04 Å². The average Bonchev–Trinajstić information content (AvgIpc) is 1.58. The predicted octanol–water partition coefficient (Wildman–Crippen LogP) is -0.614. The van der Waals surface area contributed by atoms with Crippen molar-refractivity contribution in [1.29, 1.82) is 0 Å². The fraction of sp³-hybridized carbons (Fsp3) is 0.667. The monoisotopic (exact) mass is 144 g/mol. The van der Waals surface area contributed by atoms with Gasteiger partial charge in [-0.2, -0.15) is 0 Å². The number of hydrogen-bond acceptors (Lipinski definition) is 2. The summed E-state index contributed by atoms with van der Waals surface area (Å²) in [5.41, 5.74) is 4.77. The van der Waals surface area contributed by atoms with Gasteiger partial charge in [-0.05, 0) is 13.8 Å². The molecule has 0 aromatic carbocycles. The molecule has 0 heterocycles. The van der Waals surface area contributed by atoms with Crippen molar-refractivity contribution in [3.05, 3.63) is 0 Å². The summed E-state index contributed by atoms with van der Waals surface area (Å²) in [5.74, 6) is -0.916. The summed E-state index contributed by atoms with van der Waals surface area (Å²) in [6.07, 6.45) is -0.224. The zero-order valence-corrected chi connectivity index (χ0v) is 6.18. The summed E-state index contributed by atoms with van der Waals surface area (Å²) in [5, 5.41) is 2.53. The third-order valence-electron chi connectivity index (χ3n) is 0.784. The van der Waals surface area contributed by atoms with E-state index < -0.39 is 5.91 Å². The Morgan fingerprint density at radius 1 is 1.50 bits per heavy atom. The van der Waals surface area contributed by atoms with Crippen molar-refractivity contribution in [3.8, 4) is 0 Å². The number of nitrogens with two attached hydrogens (primary N) is 1. The molecule has 0 bridgehead atoms. The molecule has 4 nitrogen and oxygen atoms in total. The van der Waals surface area contributed by atoms with E-state index >= 15 is 0 Å². The number of carbonyl (C=O) groups is 2. The summed E-state index contributed by atoms with van der Waals surface area (Å²) in [6, 6.07) is 0.0619. The van der Waals surface area contributed by atoms with Gasteiger partial charge in [-0.1, -0.05) is 0 Å². The Kier molecular flexibility index (Phi) is 3.46. The minimum Gasteiger partial charge on any atom is -0.369 e. The molecular weight excluding hydrogens is 132 g/mol. The van der Waals surface area contributed by atoms with E-state index in [1.165, 1.54) is 0 Å². The lowest BCUT2D eigenvalue weighted by Crippen LogP contribution is -2.33. The molecule has 0 unspecified atom stereocenters. The Hall–Kier alpha value is -1.06. The Balaban J connectivity index is 3.54. The fourth-order valence-electron chi connectivity index (χ4n) is 0.531. The third kappa shape index (κ3) is 5.08. The first-order valence-corrected chi connectivity index (χ1v) is 3.10. The molecule has 0 fully saturated rings. The lowest BCUT2D eigenvalue weighted by atomic mass is 10.3. The Labute approximate surface area is 59.8 Å². The van der Waals surface area contributed by atoms with Crippen molar-refractivity contribution in [2.45, 2.75) is 26.3 Å². The van der Waals surface area contributed by atoms with Crippen LogP contribution in [0.15, 0.2) is 0 Å². The van der Waals surface area contributed by atoms with Crippen LogP contribution in [0.4, 0.5) is 0 Å². The van der Waals surface area contributed by atoms with E-state index in [9.17, 15) is 9.59 Å². The summed E-state index contributed by atoms with van der Waals surface area (Å²) in [4.78, 5) is 20.8. The number of hydrogen-bond donors (Lipinski definition) is 2. The zero-order chi connectivity index (χ0) is 8.15. The van der Waals surface area contributed by atoms with Crippen LogP contribution in [0.25, 0.3) is 0 Å². The second-order valence-electron chi connectivity index (χ2n) is 2.37. The second-order valence-corrected chi connectivity index (χ2v) is 2.37. The number of carbonyl (C=O) groups excluding carboxylic acids is 2. The van der Waals surface area contributed by atoms with Crippen LogP contribution in [0.1, 0.15) is 20.3 Å². The maximum atomic E-state index is 10.7. The SMILES string of the molecule is CC(C)NC(=O)CC(N)=O. The zero-order valence-electron chi connectivity index (χ0n) is 6.18. The van der Waals surface area contributed by atoms with Gasteiger partial charge in [0.2, 0.25) is 11.8 Å². The molecule has 0 aromatic rings. The average molecular weight is 144 g/mol. The molecule has 0 saturated heterocycles. The van der Waals surface area contributed by atoms with Gasteiger partial charge in [-0.3, -0.25) is 9.59 Å². The van der Waals surface area contributed by atoms with Gasteiger partial charge in [0.15, 0.2) is 0 Å². The molecule has 3 N–H and O–H groups in total. The molecule has 0 radical (unpaired) electrons. The van der Waals surface area contributed by atoms with E-state index in [0.29, 0.717) is 0 Å². The summed E-state index contributed by atoms with van der Waals surface area (Å²) in [6.45, 7) is 3.64. The van der Waals surface area contributed by atoms with Crippen LogP contribution in [-0.4, -0.2) is 17.9 Å². The number of amides is 2. The van der Waals surface area contributed by atoms with Crippen LogP contribution < -0.4 is 11.1 Å². The highest BCUT2D eigenvalue weighted by Crippen LogP contribution is 1.81. The Bertz CT molecular complexity index is 143. The highest BCUT2D eigenvalue weighted by atomic mass is 16.2. The van der Waals surface area contributed by atoms with E-state index in [1.807, 2.05) is 13.8 Å². The molecule has 0 atom stereocenters. The summed E-state index contributed by atoms with van der Waals surface area (Å²) < 4.78 is 0. The van der Waals surface area contributed by atoms with Crippen molar-refractivity contribution in [1.82, 2.24) is 5.32 Å². The molecule has 0 rings (SSSR count). The molecule has 0 saturated carbocycles. The van der Waals surface area contributed by atoms with Crippen molar-refractivity contribution in [3.63, 3.8) is 0 Å². The molecule has 0 aliphatic rings. The first-order valence-electron chi connectivity index (χ1n) is 3.10. The Morgan fingerprint density at radius 2 is 2.00 bits per heavy atom. The van der Waals surface area contributed by atoms with Crippen molar-refractivity contribution in [2.75, 3.05) is 0 Å². The highest BCUT2D eigenvalue weighted by Gasteiger charge is 2.05. The minimum absolute atomic E-state index is 0.0619. The first kappa shape index (κ1) is 8.94. The smallest absolute Gasteiger partial charge is 0.229 e. The lowest BCUT2D eigenvalue weighted by molar-refractivity contribution is -0.127. The quantitative estimate of drug-likeness (QED) is 0.518. The van der Waals surface area contributed by atoms with Crippen molar-refractivity contribution >= 4 is 11.8 Å². The molecule has 10 heavy (non-hydrogen) atoms. The number of primary amides is 1. The normalized spacial score (nSPS) is 9.50. The van der Waals surface area contributed by atoms with E-state index in [0.717, 1.165) is 0 Å². The first-order chi connectivity index (χ1) is 4.52. The van der Waals surface area contributed by atoms with E-state index in [2.05, 4.69) is 5.32 Å². The highest BCUT2D eigenvalue weighted by molar-refractivity contribution is 5.96. The predicted molar refractivity (Wildman–Crippen MR) is 37.1 cm³/mol. The maximum Gasteiger partial charge on any atom is 0.229 e. The molecule has 4 heteroatoms. The van der Waals surface area contributed by atoms with Crippen molar-refractivity contribution < 1.29 is 9.59 Å². The van der Waals surface area contributed by atoms with Gasteiger partial charge in [0.05, 0.1) is 0 Å². The fourth-order valence-corrected chi connectivity index (χ4v) is 0.531. The Morgan fingerprint density at radius 3 is 2.30 bits per heavy atom. The van der Waals surface area contributed by atoms with E-state index in [4.69, 9.17) is 5.73 Å². The molecule has 0 aromatic heterocycles. The second kappa shape index (κ2) is 3.87. The molecule has 58 valence electrons. The molecule has 0 aliphatic carbocycles. The molecule has 2 amide bonds. The van der Waals surface area contributed by atoms with Crippen LogP contribution in [0.3, 0.4) is 0 Å². The van der Waals surface area contributed by atoms with Crippen LogP contribution >= 0.6 is 0 Å². The van der Waals surface area contributed by atoms with Gasteiger partial charge in [-0.15, -0.1) is 0 Å². The summed E-state index contributed by atoms with van der Waals surface area (Å²) >= 11 is 0. The van der Waals surface area contributed by atoms with E-state index in [-0.39, 0.29) is 18.4 Å². The minimum atomic E-state index is -0.599. The topological polar surface area (TPSA) is 72.2 Å². The van der Waals surface area contributed by atoms with Gasteiger partial charge >= 0.3 is 0 Å². The van der Waals surface area contributed by atoms with Gasteiger partial charge in [0.1, 0.15) is 6.42 Å². The van der Waals surface area contributed by atoms with Gasteiger partial charge in [-0.25, -0.2) is 0 Å². The number of rotatable bonds is 3. The molecular formula is C6H12N2O2. The van der Waals surface area contributed by atoms with Crippen LogP contribution in [0.5, 0.6) is 0 Å². The van der Waals surface area contributed by atoms with Gasteiger partial charge < -0.3 is 11.1 Å². The lowest BCUT2D eigenvalue weighted by Gasteiger charge is -2.05. The number of nitrogens with one attached hydrogen (secondary N) is 1. The van der Waals surface area contributed by atoms with E-state index in [1.54, 1.807) is 0 Å². The third-order valence-corrected chi connectivity index (χ3v) is 0.784. The van der Waals surface area contributed by atoms with Gasteiger partial charge in [0.25, 0.3) is 0 Å². The van der Waals surface area contributed by atoms with Crippen LogP contribution in [0, 0.1) is 0 Å². The standard InChI is InChI=1S/C6H12N2O2/c1-4(2)8-6(10)3-5(7)9/h4H,3H2,1-2H3,(H2,7,9)(H,8,10).